The number of likely N-dealkylation sites (tertiary alicyclic amines) is 1. The lowest BCUT2D eigenvalue weighted by Gasteiger charge is -2.13. The zero-order valence-electron chi connectivity index (χ0n) is 11.1. The van der Waals surface area contributed by atoms with Crippen LogP contribution in [0.5, 0.6) is 0 Å². The van der Waals surface area contributed by atoms with E-state index in [4.69, 9.17) is 5.73 Å². The highest BCUT2D eigenvalue weighted by Crippen LogP contribution is 2.20. The summed E-state index contributed by atoms with van der Waals surface area (Å²) in [6, 6.07) is 6.32. The Morgan fingerprint density at radius 2 is 2.37 bits per heavy atom. The number of hydrogen-bond donors (Lipinski definition) is 2. The third-order valence-corrected chi connectivity index (χ3v) is 3.73. The van der Waals surface area contributed by atoms with Crippen molar-refractivity contribution in [2.24, 2.45) is 11.7 Å². The molecule has 1 saturated heterocycles. The van der Waals surface area contributed by atoms with Gasteiger partial charge in [0, 0.05) is 49.3 Å². The Bertz CT molecular complexity index is 526. The van der Waals surface area contributed by atoms with E-state index in [1.807, 2.05) is 18.3 Å². The van der Waals surface area contributed by atoms with E-state index >= 15 is 0 Å². The van der Waals surface area contributed by atoms with Gasteiger partial charge in [0.2, 0.25) is 0 Å². The average molecular weight is 257 g/mol. The van der Waals surface area contributed by atoms with Gasteiger partial charge in [0.15, 0.2) is 0 Å². The quantitative estimate of drug-likeness (QED) is 0.868. The maximum Gasteiger partial charge on any atom is 0.0939 e. The van der Waals surface area contributed by atoms with Gasteiger partial charge in [-0.1, -0.05) is 6.92 Å². The number of nitrogens with two attached hydrogens (primary N) is 1. The normalized spacial score (nSPS) is 23.9. The molecule has 3 heterocycles. The predicted molar refractivity (Wildman–Crippen MR) is 74.2 cm³/mol. The van der Waals surface area contributed by atoms with Crippen molar-refractivity contribution in [3.63, 3.8) is 0 Å². The van der Waals surface area contributed by atoms with Crippen LogP contribution in [0, 0.1) is 5.92 Å². The number of rotatable bonds is 3. The minimum Gasteiger partial charge on any atom is -0.326 e. The molecule has 5 heteroatoms. The van der Waals surface area contributed by atoms with Crippen molar-refractivity contribution in [1.29, 1.82) is 0 Å². The van der Waals surface area contributed by atoms with Crippen molar-refractivity contribution in [2.75, 3.05) is 13.1 Å². The molecule has 0 spiro atoms. The van der Waals surface area contributed by atoms with E-state index in [2.05, 4.69) is 33.1 Å². The molecule has 0 saturated carbocycles. The second-order valence-electron chi connectivity index (χ2n) is 5.36. The van der Waals surface area contributed by atoms with E-state index in [0.29, 0.717) is 12.0 Å². The molecule has 1 aliphatic rings. The molecular weight excluding hydrogens is 238 g/mol. The minimum atomic E-state index is 0.292. The fraction of sp³-hybridized carbons (Fsp3) is 0.429. The van der Waals surface area contributed by atoms with Gasteiger partial charge in [-0.05, 0) is 24.1 Å². The van der Waals surface area contributed by atoms with Crippen LogP contribution in [0.15, 0.2) is 30.6 Å². The van der Waals surface area contributed by atoms with Gasteiger partial charge >= 0.3 is 0 Å². The molecule has 100 valence electrons. The van der Waals surface area contributed by atoms with Crippen LogP contribution in [0.4, 0.5) is 0 Å². The lowest BCUT2D eigenvalue weighted by Crippen LogP contribution is -2.28. The molecule has 3 N–H and O–H groups in total. The molecule has 0 aliphatic carbocycles. The van der Waals surface area contributed by atoms with Gasteiger partial charge in [0.05, 0.1) is 5.69 Å². The van der Waals surface area contributed by atoms with Gasteiger partial charge in [-0.25, -0.2) is 0 Å². The maximum atomic E-state index is 6.04. The molecule has 19 heavy (non-hydrogen) atoms. The number of H-pyrrole nitrogens is 1. The molecule has 0 bridgehead atoms. The summed E-state index contributed by atoms with van der Waals surface area (Å²) >= 11 is 0. The molecule has 0 aromatic carbocycles. The summed E-state index contributed by atoms with van der Waals surface area (Å²) in [4.78, 5) is 6.48. The first-order valence-electron chi connectivity index (χ1n) is 6.65. The first-order valence-corrected chi connectivity index (χ1v) is 6.65. The standard InChI is InChI=1S/C14H19N5/c1-10-7-19(9-13(10)15)8-12-5-14(18-17-12)11-3-2-4-16-6-11/h2-6,10,13H,7-9,15H2,1H3,(H,17,18). The fourth-order valence-electron chi connectivity index (χ4n) is 2.57. The Morgan fingerprint density at radius 1 is 1.47 bits per heavy atom. The Balaban J connectivity index is 1.69. The van der Waals surface area contributed by atoms with Gasteiger partial charge in [-0.15, -0.1) is 0 Å². The molecule has 5 nitrogen and oxygen atoms in total. The first kappa shape index (κ1) is 12.3. The van der Waals surface area contributed by atoms with Crippen LogP contribution in [-0.2, 0) is 6.54 Å². The molecule has 3 rings (SSSR count). The summed E-state index contributed by atoms with van der Waals surface area (Å²) in [6.07, 6.45) is 3.60. The smallest absolute Gasteiger partial charge is 0.0939 e. The van der Waals surface area contributed by atoms with Crippen LogP contribution in [0.25, 0.3) is 11.3 Å². The van der Waals surface area contributed by atoms with Gasteiger partial charge in [0.1, 0.15) is 0 Å². The summed E-state index contributed by atoms with van der Waals surface area (Å²) in [6.45, 7) is 5.11. The summed E-state index contributed by atoms with van der Waals surface area (Å²) in [5, 5.41) is 7.44. The van der Waals surface area contributed by atoms with Crippen LogP contribution >= 0.6 is 0 Å². The zero-order chi connectivity index (χ0) is 13.2. The Labute approximate surface area is 112 Å². The molecule has 0 amide bonds. The molecule has 2 aromatic heterocycles. The van der Waals surface area contributed by atoms with Gasteiger partial charge in [0.25, 0.3) is 0 Å². The molecule has 2 atom stereocenters. The van der Waals surface area contributed by atoms with Crippen LogP contribution in [0.1, 0.15) is 12.6 Å². The Morgan fingerprint density at radius 3 is 3.05 bits per heavy atom. The number of nitrogens with zero attached hydrogens (tertiary/aromatic N) is 3. The molecule has 0 radical (unpaired) electrons. The lowest BCUT2D eigenvalue weighted by atomic mass is 10.1. The topological polar surface area (TPSA) is 70.8 Å². The molecule has 2 unspecified atom stereocenters. The fourth-order valence-corrected chi connectivity index (χ4v) is 2.57. The number of pyridine rings is 1. The van der Waals surface area contributed by atoms with Crippen molar-refractivity contribution in [1.82, 2.24) is 20.1 Å². The van der Waals surface area contributed by atoms with Crippen LogP contribution in [0.2, 0.25) is 0 Å². The second-order valence-corrected chi connectivity index (χ2v) is 5.36. The monoisotopic (exact) mass is 257 g/mol. The SMILES string of the molecule is CC1CN(Cc2cc(-c3cccnc3)n[nH]2)CC1N. The highest BCUT2D eigenvalue weighted by Gasteiger charge is 2.26. The number of aromatic amines is 1. The molecular formula is C14H19N5. The largest absolute Gasteiger partial charge is 0.326 e. The summed E-state index contributed by atoms with van der Waals surface area (Å²) < 4.78 is 0. The highest BCUT2D eigenvalue weighted by molar-refractivity contribution is 5.57. The van der Waals surface area contributed by atoms with Gasteiger partial charge < -0.3 is 5.73 Å². The third-order valence-electron chi connectivity index (χ3n) is 3.73. The van der Waals surface area contributed by atoms with E-state index in [1.165, 1.54) is 0 Å². The van der Waals surface area contributed by atoms with Crippen molar-refractivity contribution in [3.05, 3.63) is 36.3 Å². The zero-order valence-corrected chi connectivity index (χ0v) is 11.1. The number of hydrogen-bond acceptors (Lipinski definition) is 4. The summed E-state index contributed by atoms with van der Waals surface area (Å²) in [5.41, 5.74) is 9.15. The van der Waals surface area contributed by atoms with E-state index in [1.54, 1.807) is 6.20 Å². The van der Waals surface area contributed by atoms with Crippen molar-refractivity contribution in [2.45, 2.75) is 19.5 Å². The van der Waals surface area contributed by atoms with Crippen molar-refractivity contribution >= 4 is 0 Å². The Hall–Kier alpha value is -1.72. The highest BCUT2D eigenvalue weighted by atomic mass is 15.2. The van der Waals surface area contributed by atoms with Crippen molar-refractivity contribution < 1.29 is 0 Å². The van der Waals surface area contributed by atoms with Gasteiger partial charge in [-0.3, -0.25) is 15.0 Å². The summed E-state index contributed by atoms with van der Waals surface area (Å²) in [5.74, 6) is 0.570. The molecule has 1 aliphatic heterocycles. The molecule has 1 fully saturated rings. The number of nitrogens with one attached hydrogen (secondary N) is 1. The molecule has 2 aromatic rings. The number of aromatic nitrogens is 3. The van der Waals surface area contributed by atoms with E-state index < -0.39 is 0 Å². The Kier molecular flexibility index (Phi) is 3.31. The van der Waals surface area contributed by atoms with Crippen LogP contribution in [0.3, 0.4) is 0 Å². The third kappa shape index (κ3) is 2.67. The van der Waals surface area contributed by atoms with E-state index in [-0.39, 0.29) is 0 Å². The lowest BCUT2D eigenvalue weighted by molar-refractivity contribution is 0.315. The minimum absolute atomic E-state index is 0.292. The average Bonchev–Trinajstić information content (AvgIpc) is 2.99. The van der Waals surface area contributed by atoms with E-state index in [9.17, 15) is 0 Å². The van der Waals surface area contributed by atoms with E-state index in [0.717, 1.165) is 36.6 Å². The predicted octanol–water partition coefficient (Wildman–Crippen LogP) is 1.25. The van der Waals surface area contributed by atoms with Crippen LogP contribution in [-0.4, -0.2) is 39.2 Å². The van der Waals surface area contributed by atoms with Crippen LogP contribution < -0.4 is 5.73 Å². The van der Waals surface area contributed by atoms with Crippen molar-refractivity contribution in [3.8, 4) is 11.3 Å². The second kappa shape index (κ2) is 5.11. The summed E-state index contributed by atoms with van der Waals surface area (Å²) in [7, 11) is 0. The maximum absolute atomic E-state index is 6.04. The van der Waals surface area contributed by atoms with Gasteiger partial charge in [-0.2, -0.15) is 5.10 Å². The first-order chi connectivity index (χ1) is 9.22.